The number of fused-ring (bicyclic) bond motifs is 1. The molecule has 23 heavy (non-hydrogen) atoms. The zero-order chi connectivity index (χ0) is 16.3. The molecule has 6 heteroatoms. The van der Waals surface area contributed by atoms with Crippen molar-refractivity contribution in [2.24, 2.45) is 5.92 Å². The van der Waals surface area contributed by atoms with Crippen molar-refractivity contribution in [3.05, 3.63) is 24.3 Å². The van der Waals surface area contributed by atoms with Gasteiger partial charge in [0.2, 0.25) is 9.76 Å². The number of thiazole rings is 1. The van der Waals surface area contributed by atoms with Crippen molar-refractivity contribution in [1.82, 2.24) is 4.98 Å². The second-order valence-corrected chi connectivity index (χ2v) is 10.2. The summed E-state index contributed by atoms with van der Waals surface area (Å²) in [5, 5.41) is 0. The van der Waals surface area contributed by atoms with Gasteiger partial charge < -0.3 is 4.43 Å². The fourth-order valence-corrected chi connectivity index (χ4v) is 6.95. The van der Waals surface area contributed by atoms with E-state index in [1.54, 1.807) is 22.1 Å². The molecule has 0 aliphatic heterocycles. The van der Waals surface area contributed by atoms with Gasteiger partial charge in [0.25, 0.3) is 0 Å². The van der Waals surface area contributed by atoms with Crippen LogP contribution in [-0.4, -0.2) is 27.1 Å². The molecular formula is C17H25NOS3Si. The van der Waals surface area contributed by atoms with E-state index < -0.39 is 0 Å². The monoisotopic (exact) mass is 383 g/mol. The summed E-state index contributed by atoms with van der Waals surface area (Å²) < 4.78 is 8.31. The van der Waals surface area contributed by atoms with Crippen LogP contribution in [0.1, 0.15) is 39.5 Å². The van der Waals surface area contributed by atoms with Crippen molar-refractivity contribution < 1.29 is 4.43 Å². The van der Waals surface area contributed by atoms with Crippen LogP contribution in [0, 0.1) is 5.92 Å². The van der Waals surface area contributed by atoms with Crippen LogP contribution in [0.2, 0.25) is 6.04 Å². The molecule has 0 N–H and O–H groups in total. The molecule has 1 heterocycles. The number of benzene rings is 1. The SMILES string of the molecule is CCCCC(CC)CO[Si]CCSSc1nc2ccccc2s1. The third kappa shape index (κ3) is 7.18. The van der Waals surface area contributed by atoms with Crippen molar-refractivity contribution in [2.45, 2.75) is 49.9 Å². The summed E-state index contributed by atoms with van der Waals surface area (Å²) >= 11 is 1.78. The molecule has 0 bridgehead atoms. The summed E-state index contributed by atoms with van der Waals surface area (Å²) in [6.07, 6.45) is 5.18. The third-order valence-corrected chi connectivity index (χ3v) is 8.54. The van der Waals surface area contributed by atoms with Crippen molar-refractivity contribution in [3.63, 3.8) is 0 Å². The van der Waals surface area contributed by atoms with E-state index in [-0.39, 0.29) is 0 Å². The lowest BCUT2D eigenvalue weighted by molar-refractivity contribution is 0.243. The molecule has 0 saturated heterocycles. The molecule has 0 saturated carbocycles. The molecule has 2 radical (unpaired) electrons. The standard InChI is InChI=1S/C17H25NOS3Si/c1-3-5-8-14(4-2)13-19-23-12-11-20-22-17-18-15-9-6-7-10-16(15)21-17/h6-7,9-10,14H,3-5,8,11-13H2,1-2H3. The number of para-hydroxylation sites is 1. The minimum atomic E-state index is 0.640. The Labute approximate surface area is 154 Å². The van der Waals surface area contributed by atoms with Gasteiger partial charge >= 0.3 is 0 Å². The van der Waals surface area contributed by atoms with Gasteiger partial charge in [0.05, 0.1) is 10.2 Å². The zero-order valence-corrected chi connectivity index (χ0v) is 17.4. The minimum absolute atomic E-state index is 0.640. The molecule has 2 rings (SSSR count). The molecule has 0 aliphatic carbocycles. The highest BCUT2D eigenvalue weighted by molar-refractivity contribution is 8.77. The average Bonchev–Trinajstić information content (AvgIpc) is 2.99. The van der Waals surface area contributed by atoms with Crippen molar-refractivity contribution in [1.29, 1.82) is 0 Å². The van der Waals surface area contributed by atoms with Gasteiger partial charge in [-0.15, -0.1) is 11.3 Å². The zero-order valence-electron chi connectivity index (χ0n) is 13.9. The predicted molar refractivity (Wildman–Crippen MR) is 108 cm³/mol. The van der Waals surface area contributed by atoms with Gasteiger partial charge in [0.15, 0.2) is 4.34 Å². The second kappa shape index (κ2) is 11.5. The first-order chi connectivity index (χ1) is 11.3. The van der Waals surface area contributed by atoms with Crippen LogP contribution in [0.15, 0.2) is 28.6 Å². The van der Waals surface area contributed by atoms with Gasteiger partial charge in [-0.3, -0.25) is 0 Å². The smallest absolute Gasteiger partial charge is 0.230 e. The summed E-state index contributed by atoms with van der Waals surface area (Å²) in [5.41, 5.74) is 1.11. The molecule has 1 unspecified atom stereocenters. The average molecular weight is 384 g/mol. The molecule has 1 aromatic carbocycles. The normalized spacial score (nSPS) is 12.8. The Bertz CT molecular complexity index is 531. The van der Waals surface area contributed by atoms with E-state index in [1.807, 2.05) is 16.9 Å². The van der Waals surface area contributed by atoms with Gasteiger partial charge in [-0.1, -0.05) is 56.0 Å². The molecule has 2 aromatic rings. The van der Waals surface area contributed by atoms with E-state index in [2.05, 4.69) is 37.0 Å². The van der Waals surface area contributed by atoms with Crippen molar-refractivity contribution in [3.8, 4) is 0 Å². The lowest BCUT2D eigenvalue weighted by atomic mass is 10.0. The topological polar surface area (TPSA) is 22.1 Å². The largest absolute Gasteiger partial charge is 0.417 e. The number of unbranched alkanes of at least 4 members (excludes halogenated alkanes) is 1. The Hall–Kier alpha value is -0.0131. The Balaban J connectivity index is 1.54. The lowest BCUT2D eigenvalue weighted by Gasteiger charge is -2.14. The predicted octanol–water partition coefficient (Wildman–Crippen LogP) is 6.31. The van der Waals surface area contributed by atoms with Crippen LogP contribution in [0.4, 0.5) is 0 Å². The van der Waals surface area contributed by atoms with Crippen LogP contribution in [0.3, 0.4) is 0 Å². The number of nitrogens with zero attached hydrogens (tertiary/aromatic N) is 1. The summed E-state index contributed by atoms with van der Waals surface area (Å²) in [7, 11) is 4.33. The highest BCUT2D eigenvalue weighted by Gasteiger charge is 2.07. The van der Waals surface area contributed by atoms with E-state index in [9.17, 15) is 0 Å². The molecular weight excluding hydrogens is 358 g/mol. The van der Waals surface area contributed by atoms with Gasteiger partial charge in [0, 0.05) is 12.4 Å². The van der Waals surface area contributed by atoms with Crippen molar-refractivity contribution >= 4 is 52.9 Å². The Morgan fingerprint density at radius 3 is 2.96 bits per heavy atom. The highest BCUT2D eigenvalue weighted by Crippen LogP contribution is 2.36. The maximum atomic E-state index is 5.88. The summed E-state index contributed by atoms with van der Waals surface area (Å²) in [5.74, 6) is 1.89. The van der Waals surface area contributed by atoms with E-state index in [1.165, 1.54) is 30.4 Å². The number of hydrogen-bond acceptors (Lipinski definition) is 5. The second-order valence-electron chi connectivity index (χ2n) is 5.47. The molecule has 0 fully saturated rings. The van der Waals surface area contributed by atoms with Crippen LogP contribution < -0.4 is 0 Å². The Kier molecular flexibility index (Phi) is 9.68. The molecule has 0 spiro atoms. The quantitative estimate of drug-likeness (QED) is 0.243. The van der Waals surface area contributed by atoms with Gasteiger partial charge in [-0.2, -0.15) is 0 Å². The molecule has 1 aromatic heterocycles. The number of rotatable bonds is 12. The van der Waals surface area contributed by atoms with Crippen LogP contribution in [-0.2, 0) is 4.43 Å². The first-order valence-electron chi connectivity index (χ1n) is 8.33. The molecule has 126 valence electrons. The Morgan fingerprint density at radius 2 is 2.17 bits per heavy atom. The van der Waals surface area contributed by atoms with E-state index in [0.29, 0.717) is 9.76 Å². The maximum Gasteiger partial charge on any atom is 0.230 e. The number of aromatic nitrogens is 1. The van der Waals surface area contributed by atoms with Gasteiger partial charge in [-0.25, -0.2) is 4.98 Å². The molecule has 1 atom stereocenters. The molecule has 0 amide bonds. The maximum absolute atomic E-state index is 5.88. The van der Waals surface area contributed by atoms with Gasteiger partial charge in [0.1, 0.15) is 0 Å². The summed E-state index contributed by atoms with van der Waals surface area (Å²) in [6, 6.07) is 9.49. The summed E-state index contributed by atoms with van der Waals surface area (Å²) in [6.45, 7) is 5.48. The first kappa shape index (κ1) is 19.3. The van der Waals surface area contributed by atoms with E-state index >= 15 is 0 Å². The fraction of sp³-hybridized carbons (Fsp3) is 0.588. The fourth-order valence-electron chi connectivity index (χ4n) is 2.21. The van der Waals surface area contributed by atoms with E-state index in [4.69, 9.17) is 4.43 Å². The van der Waals surface area contributed by atoms with Crippen LogP contribution in [0.5, 0.6) is 0 Å². The minimum Gasteiger partial charge on any atom is -0.417 e. The van der Waals surface area contributed by atoms with Crippen LogP contribution >= 0.6 is 32.9 Å². The molecule has 2 nitrogen and oxygen atoms in total. The first-order valence-corrected chi connectivity index (χ1v) is 12.6. The lowest BCUT2D eigenvalue weighted by Crippen LogP contribution is -2.11. The molecule has 0 aliphatic rings. The van der Waals surface area contributed by atoms with E-state index in [0.717, 1.165) is 34.2 Å². The Morgan fingerprint density at radius 1 is 1.30 bits per heavy atom. The van der Waals surface area contributed by atoms with Crippen molar-refractivity contribution in [2.75, 3.05) is 12.4 Å². The third-order valence-electron chi connectivity index (χ3n) is 3.66. The summed E-state index contributed by atoms with van der Waals surface area (Å²) in [4.78, 5) is 4.64. The van der Waals surface area contributed by atoms with Gasteiger partial charge in [-0.05, 0) is 41.3 Å². The van der Waals surface area contributed by atoms with Crippen LogP contribution in [0.25, 0.3) is 10.2 Å². The number of hydrogen-bond donors (Lipinski definition) is 0. The highest BCUT2D eigenvalue weighted by atomic mass is 33.1.